The number of Topliss-reactive ketones (excluding diaryl/α,β-unsaturated/α-hetero) is 1. The maximum atomic E-state index is 15.7. The van der Waals surface area contributed by atoms with E-state index in [0.29, 0.717) is 18.4 Å². The number of unbranched alkanes of at least 4 members (excludes halogenated alkanes) is 1. The maximum Gasteiger partial charge on any atom is 0.338 e. The van der Waals surface area contributed by atoms with Crippen LogP contribution in [0.4, 0.5) is 0 Å². The number of esters is 4. The third-order valence-corrected chi connectivity index (χ3v) is 14.2. The summed E-state index contributed by atoms with van der Waals surface area (Å²) < 4.78 is 30.9. The van der Waals surface area contributed by atoms with Crippen molar-refractivity contribution in [3.8, 4) is 0 Å². The Bertz CT molecular complexity index is 2330. The Morgan fingerprint density at radius 1 is 0.877 bits per heavy atom. The lowest BCUT2D eigenvalue weighted by atomic mass is 9.44. The second-order valence-corrected chi connectivity index (χ2v) is 18.3. The smallest absolute Gasteiger partial charge is 0.338 e. The molecule has 4 N–H and O–H groups in total. The van der Waals surface area contributed by atoms with E-state index < -0.39 is 113 Å². The Morgan fingerprint density at radius 2 is 1.48 bits per heavy atom. The Labute approximate surface area is 377 Å². The molecule has 15 heteroatoms. The molecule has 346 valence electrons. The van der Waals surface area contributed by atoms with Crippen molar-refractivity contribution in [2.75, 3.05) is 6.61 Å². The average Bonchev–Trinajstić information content (AvgIpc) is 3.28. The number of rotatable bonds is 13. The first-order chi connectivity index (χ1) is 30.8. The number of hydrogen-bond donors (Lipinski definition) is 4. The van der Waals surface area contributed by atoms with Gasteiger partial charge >= 0.3 is 23.9 Å². The van der Waals surface area contributed by atoms with Gasteiger partial charge in [-0.05, 0) is 61.2 Å². The van der Waals surface area contributed by atoms with Gasteiger partial charge in [0, 0.05) is 37.2 Å². The predicted molar refractivity (Wildman–Crippen MR) is 232 cm³/mol. The molecule has 0 aromatic heterocycles. The molecule has 3 aromatic rings. The van der Waals surface area contributed by atoms with Gasteiger partial charge in [-0.3, -0.25) is 19.2 Å². The Balaban J connectivity index is 1.39. The Hall–Kier alpha value is -5.74. The van der Waals surface area contributed by atoms with Gasteiger partial charge in [0.2, 0.25) is 0 Å². The van der Waals surface area contributed by atoms with Crippen molar-refractivity contribution in [3.05, 3.63) is 119 Å². The minimum atomic E-state index is -2.40. The van der Waals surface area contributed by atoms with E-state index in [-0.39, 0.29) is 41.7 Å². The largest absolute Gasteiger partial charge is 0.456 e. The van der Waals surface area contributed by atoms with Crippen LogP contribution in [0.1, 0.15) is 106 Å². The zero-order valence-electron chi connectivity index (χ0n) is 37.4. The van der Waals surface area contributed by atoms with Gasteiger partial charge in [-0.1, -0.05) is 93.9 Å². The molecule has 1 saturated heterocycles. The number of aliphatic hydroxyl groups is 3. The SMILES string of the molecule is CCCCC(=O)O[C@@]12COC1C[C@H](O)[C@@]1(C)C(=O)[C@H](OC(C)=O)C3=C(C)[C@@H](OC(=O)[C@H](O)[C@@H](NC(=O)c4ccccc4)c4ccccc4)C[C@@](O)([C@@H](OC(=O)c4ccccc4)[C@@H]12)C3(C)C. The van der Waals surface area contributed by atoms with Crippen molar-refractivity contribution in [1.82, 2.24) is 5.32 Å². The molecule has 2 bridgehead atoms. The van der Waals surface area contributed by atoms with Gasteiger partial charge < -0.3 is 44.3 Å². The maximum absolute atomic E-state index is 15.7. The highest BCUT2D eigenvalue weighted by molar-refractivity contribution is 5.96. The van der Waals surface area contributed by atoms with Crippen molar-refractivity contribution in [1.29, 1.82) is 0 Å². The second kappa shape index (κ2) is 18.3. The highest BCUT2D eigenvalue weighted by Gasteiger charge is 2.78. The summed E-state index contributed by atoms with van der Waals surface area (Å²) in [5, 5.41) is 40.6. The van der Waals surface area contributed by atoms with Crippen LogP contribution in [0.25, 0.3) is 0 Å². The molecule has 7 rings (SSSR count). The third-order valence-electron chi connectivity index (χ3n) is 14.2. The summed E-state index contributed by atoms with van der Waals surface area (Å²) in [6, 6.07) is 23.0. The van der Waals surface area contributed by atoms with Crippen molar-refractivity contribution < 1.29 is 67.8 Å². The van der Waals surface area contributed by atoms with E-state index in [0.717, 1.165) is 6.92 Å². The fourth-order valence-electron chi connectivity index (χ4n) is 10.5. The minimum absolute atomic E-state index is 0.00402. The Kier molecular flexibility index (Phi) is 13.3. The number of nitrogens with one attached hydrogen (secondary N) is 1. The van der Waals surface area contributed by atoms with Gasteiger partial charge in [0.05, 0.1) is 35.6 Å². The summed E-state index contributed by atoms with van der Waals surface area (Å²) in [7, 11) is 0. The van der Waals surface area contributed by atoms with Crippen molar-refractivity contribution in [2.24, 2.45) is 16.7 Å². The molecule has 1 aliphatic heterocycles. The molecule has 2 saturated carbocycles. The molecule has 0 radical (unpaired) electrons. The number of carbonyl (C=O) groups excluding carboxylic acids is 6. The van der Waals surface area contributed by atoms with E-state index in [2.05, 4.69) is 5.32 Å². The van der Waals surface area contributed by atoms with Gasteiger partial charge in [0.25, 0.3) is 5.91 Å². The number of fused-ring (bicyclic) bond motifs is 5. The second-order valence-electron chi connectivity index (χ2n) is 18.3. The van der Waals surface area contributed by atoms with Crippen molar-refractivity contribution in [2.45, 2.75) is 128 Å². The standard InChI is InChI=1S/C50H57NO14/c1-7-8-24-36(54)65-49-27-61-35(49)25-34(53)48(6)41(49)43(64-45(58)32-22-16-11-17-23-32)50(60)26-33(28(2)37(47(50,4)5)40(42(48)56)62-29(3)52)63-46(59)39(55)38(30-18-12-9-13-19-30)51-44(57)31-20-14-10-15-21-31/h9-23,33-35,38-41,43,53,55,60H,7-8,24-27H2,1-6H3,(H,51,57)/t33-,34-,35?,38-,39+,40+,41-,43-,48+,49-,50+/m0/s1. The zero-order valence-corrected chi connectivity index (χ0v) is 37.4. The van der Waals surface area contributed by atoms with Crippen LogP contribution < -0.4 is 5.32 Å². The minimum Gasteiger partial charge on any atom is -0.456 e. The van der Waals surface area contributed by atoms with E-state index in [1.54, 1.807) is 92.7 Å². The van der Waals surface area contributed by atoms with Crippen molar-refractivity contribution >= 4 is 35.6 Å². The van der Waals surface area contributed by atoms with Crippen LogP contribution in [0.3, 0.4) is 0 Å². The van der Waals surface area contributed by atoms with Gasteiger partial charge in [-0.25, -0.2) is 9.59 Å². The van der Waals surface area contributed by atoms with E-state index in [1.807, 2.05) is 6.92 Å². The summed E-state index contributed by atoms with van der Waals surface area (Å²) in [5.74, 6) is -6.67. The summed E-state index contributed by atoms with van der Waals surface area (Å²) in [6.07, 6.45) is -9.39. The number of amides is 1. The molecule has 1 heterocycles. The fourth-order valence-corrected chi connectivity index (χ4v) is 10.5. The first-order valence-corrected chi connectivity index (χ1v) is 22.0. The van der Waals surface area contributed by atoms with E-state index in [9.17, 15) is 39.3 Å². The van der Waals surface area contributed by atoms with E-state index >= 15 is 4.79 Å². The molecule has 4 aliphatic rings. The lowest BCUT2D eigenvalue weighted by Crippen LogP contribution is -2.82. The van der Waals surface area contributed by atoms with Gasteiger partial charge in [0.15, 0.2) is 23.6 Å². The van der Waals surface area contributed by atoms with Crippen molar-refractivity contribution in [3.63, 3.8) is 0 Å². The molecule has 3 fully saturated rings. The Morgan fingerprint density at radius 3 is 2.05 bits per heavy atom. The summed E-state index contributed by atoms with van der Waals surface area (Å²) in [5.41, 5.74) is -7.01. The molecule has 0 spiro atoms. The molecule has 1 unspecified atom stereocenters. The van der Waals surface area contributed by atoms with Gasteiger partial charge in [0.1, 0.15) is 23.9 Å². The number of aliphatic hydroxyl groups excluding tert-OH is 2. The van der Waals surface area contributed by atoms with Crippen LogP contribution in [-0.4, -0.2) is 105 Å². The molecule has 11 atom stereocenters. The number of ketones is 1. The lowest BCUT2D eigenvalue weighted by molar-refractivity contribution is -0.346. The molecular weight excluding hydrogens is 839 g/mol. The highest BCUT2D eigenvalue weighted by Crippen LogP contribution is 2.64. The topological polar surface area (TPSA) is 221 Å². The number of ether oxygens (including phenoxy) is 5. The van der Waals surface area contributed by atoms with Crippen LogP contribution in [0.2, 0.25) is 0 Å². The summed E-state index contributed by atoms with van der Waals surface area (Å²) in [4.78, 5) is 84.8. The third kappa shape index (κ3) is 8.28. The highest BCUT2D eigenvalue weighted by atomic mass is 16.6. The normalized spacial score (nSPS) is 30.9. The molecule has 65 heavy (non-hydrogen) atoms. The van der Waals surface area contributed by atoms with Crippen LogP contribution in [0, 0.1) is 16.7 Å². The molecule has 1 amide bonds. The quantitative estimate of drug-likeness (QED) is 0.102. The van der Waals surface area contributed by atoms with Crippen LogP contribution in [-0.2, 0) is 42.9 Å². The lowest BCUT2D eigenvalue weighted by Gasteiger charge is -2.67. The van der Waals surface area contributed by atoms with E-state index in [4.69, 9.17) is 23.7 Å². The molecule has 3 aliphatic carbocycles. The van der Waals surface area contributed by atoms with E-state index in [1.165, 1.54) is 26.0 Å². The summed E-state index contributed by atoms with van der Waals surface area (Å²) in [6.45, 7) is 8.81. The van der Waals surface area contributed by atoms with Gasteiger partial charge in [-0.2, -0.15) is 0 Å². The van der Waals surface area contributed by atoms with Crippen LogP contribution in [0.5, 0.6) is 0 Å². The summed E-state index contributed by atoms with van der Waals surface area (Å²) >= 11 is 0. The monoisotopic (exact) mass is 895 g/mol. The van der Waals surface area contributed by atoms with Crippen LogP contribution >= 0.6 is 0 Å². The predicted octanol–water partition coefficient (Wildman–Crippen LogP) is 4.91. The first-order valence-electron chi connectivity index (χ1n) is 22.0. The molecular formula is C50H57NO14. The average molecular weight is 896 g/mol. The molecule has 3 aromatic carbocycles. The first kappa shape index (κ1) is 47.2. The number of carbonyl (C=O) groups is 6. The fraction of sp³-hybridized carbons (Fsp3) is 0.480. The zero-order chi connectivity index (χ0) is 47.1. The number of hydrogen-bond acceptors (Lipinski definition) is 14. The van der Waals surface area contributed by atoms with Crippen LogP contribution in [0.15, 0.2) is 102 Å². The number of benzene rings is 3. The molecule has 15 nitrogen and oxygen atoms in total. The van der Waals surface area contributed by atoms with Gasteiger partial charge in [-0.15, -0.1) is 0 Å².